The fraction of sp³-hybridized carbons (Fsp3) is 0.500. The molecule has 0 unspecified atom stereocenters. The molecule has 0 radical (unpaired) electrons. The quantitative estimate of drug-likeness (QED) is 0.851. The molecule has 1 aromatic rings. The summed E-state index contributed by atoms with van der Waals surface area (Å²) >= 11 is 1.19. The van der Waals surface area contributed by atoms with Crippen molar-refractivity contribution in [2.45, 2.75) is 33.4 Å². The van der Waals surface area contributed by atoms with Crippen molar-refractivity contribution in [3.63, 3.8) is 0 Å². The van der Waals surface area contributed by atoms with E-state index in [1.807, 2.05) is 20.8 Å². The van der Waals surface area contributed by atoms with Crippen LogP contribution in [0.1, 0.15) is 34.0 Å². The van der Waals surface area contributed by atoms with Crippen molar-refractivity contribution in [3.8, 4) is 0 Å². The second kappa shape index (κ2) is 5.85. The van der Waals surface area contributed by atoms with Gasteiger partial charge in [0.15, 0.2) is 0 Å². The highest BCUT2D eigenvalue weighted by Crippen LogP contribution is 2.24. The van der Waals surface area contributed by atoms with Crippen LogP contribution in [0.3, 0.4) is 0 Å². The van der Waals surface area contributed by atoms with Gasteiger partial charge in [-0.05, 0) is 32.4 Å². The zero-order valence-electron chi connectivity index (χ0n) is 12.3. The molecule has 2 heterocycles. The summed E-state index contributed by atoms with van der Waals surface area (Å²) in [5, 5.41) is 8.99. The van der Waals surface area contributed by atoms with Crippen molar-refractivity contribution in [2.75, 3.05) is 13.1 Å². The average molecular weight is 310 g/mol. The van der Waals surface area contributed by atoms with Gasteiger partial charge in [-0.1, -0.05) is 0 Å². The monoisotopic (exact) mass is 310 g/mol. The number of hydrogen-bond acceptors (Lipinski definition) is 4. The molecule has 1 saturated heterocycles. The number of piperazine rings is 1. The topological polar surface area (TPSA) is 77.9 Å². The van der Waals surface area contributed by atoms with Gasteiger partial charge < -0.3 is 14.9 Å². The minimum Gasteiger partial charge on any atom is -0.477 e. The molecule has 0 aromatic carbocycles. The normalized spacial score (nSPS) is 16.0. The minimum atomic E-state index is -0.971. The number of thiophene rings is 1. The Morgan fingerprint density at radius 2 is 2.00 bits per heavy atom. The summed E-state index contributed by atoms with van der Waals surface area (Å²) < 4.78 is 0. The van der Waals surface area contributed by atoms with Crippen LogP contribution in [-0.2, 0) is 16.1 Å². The number of carboxylic acids is 1. The van der Waals surface area contributed by atoms with Crippen molar-refractivity contribution in [3.05, 3.63) is 21.4 Å². The number of rotatable bonds is 4. The van der Waals surface area contributed by atoms with Gasteiger partial charge in [0, 0.05) is 30.6 Å². The molecule has 2 rings (SSSR count). The van der Waals surface area contributed by atoms with Crippen LogP contribution < -0.4 is 0 Å². The zero-order chi connectivity index (χ0) is 15.7. The van der Waals surface area contributed by atoms with Gasteiger partial charge in [-0.15, -0.1) is 11.3 Å². The molecule has 1 aromatic heterocycles. The molecular weight excluding hydrogens is 292 g/mol. The van der Waals surface area contributed by atoms with E-state index in [0.717, 1.165) is 10.4 Å². The first-order chi connectivity index (χ1) is 9.81. The maximum atomic E-state index is 12.1. The predicted molar refractivity (Wildman–Crippen MR) is 78.3 cm³/mol. The standard InChI is InChI=1S/C14H18N2O4S/c1-8(2)16-5-4-15(12(17)13(16)18)7-10-6-11(14(19)20)21-9(10)3/h6,8H,4-5,7H2,1-3H3,(H,19,20). The van der Waals surface area contributed by atoms with Crippen LogP contribution in [-0.4, -0.2) is 51.8 Å². The summed E-state index contributed by atoms with van der Waals surface area (Å²) in [6.07, 6.45) is 0. The SMILES string of the molecule is Cc1sc(C(=O)O)cc1CN1CCN(C(C)C)C(=O)C1=O. The lowest BCUT2D eigenvalue weighted by molar-refractivity contribution is -0.157. The van der Waals surface area contributed by atoms with Crippen molar-refractivity contribution in [2.24, 2.45) is 0 Å². The molecule has 1 aliphatic rings. The van der Waals surface area contributed by atoms with Crippen molar-refractivity contribution >= 4 is 29.1 Å². The lowest BCUT2D eigenvalue weighted by Gasteiger charge is -2.36. The van der Waals surface area contributed by atoms with Gasteiger partial charge in [0.05, 0.1) is 0 Å². The van der Waals surface area contributed by atoms with E-state index in [4.69, 9.17) is 5.11 Å². The molecule has 7 heteroatoms. The van der Waals surface area contributed by atoms with Gasteiger partial charge in [0.1, 0.15) is 4.88 Å². The maximum Gasteiger partial charge on any atom is 0.345 e. The number of aryl methyl sites for hydroxylation is 1. The lowest BCUT2D eigenvalue weighted by atomic mass is 10.2. The molecule has 2 amide bonds. The van der Waals surface area contributed by atoms with E-state index < -0.39 is 17.8 Å². The highest BCUT2D eigenvalue weighted by Gasteiger charge is 2.34. The van der Waals surface area contributed by atoms with Crippen LogP contribution in [0.2, 0.25) is 0 Å². The second-order valence-electron chi connectivity index (χ2n) is 5.32. The van der Waals surface area contributed by atoms with E-state index in [0.29, 0.717) is 13.1 Å². The summed E-state index contributed by atoms with van der Waals surface area (Å²) in [4.78, 5) is 39.2. The second-order valence-corrected chi connectivity index (χ2v) is 6.57. The first-order valence-corrected chi connectivity index (χ1v) is 7.55. The molecule has 1 fully saturated rings. The van der Waals surface area contributed by atoms with Gasteiger partial charge in [0.2, 0.25) is 0 Å². The van der Waals surface area contributed by atoms with E-state index in [2.05, 4.69) is 0 Å². The Labute approximate surface area is 127 Å². The van der Waals surface area contributed by atoms with E-state index in [-0.39, 0.29) is 17.5 Å². The van der Waals surface area contributed by atoms with Gasteiger partial charge in [-0.25, -0.2) is 4.79 Å². The summed E-state index contributed by atoms with van der Waals surface area (Å²) in [6.45, 7) is 6.85. The van der Waals surface area contributed by atoms with Crippen LogP contribution in [0.4, 0.5) is 0 Å². The minimum absolute atomic E-state index is 0.00472. The van der Waals surface area contributed by atoms with Gasteiger partial charge >= 0.3 is 17.8 Å². The average Bonchev–Trinajstić information content (AvgIpc) is 2.76. The van der Waals surface area contributed by atoms with E-state index >= 15 is 0 Å². The molecular formula is C14H18N2O4S. The number of aromatic carboxylic acids is 1. The van der Waals surface area contributed by atoms with Crippen LogP contribution in [0, 0.1) is 6.92 Å². The molecule has 0 saturated carbocycles. The number of carboxylic acid groups (broad SMARTS) is 1. The molecule has 114 valence electrons. The van der Waals surface area contributed by atoms with Crippen molar-refractivity contribution in [1.29, 1.82) is 0 Å². The predicted octanol–water partition coefficient (Wildman–Crippen LogP) is 1.33. The van der Waals surface area contributed by atoms with Gasteiger partial charge in [-0.2, -0.15) is 0 Å². The Balaban J connectivity index is 2.13. The molecule has 0 atom stereocenters. The van der Waals surface area contributed by atoms with Gasteiger partial charge in [0.25, 0.3) is 0 Å². The smallest absolute Gasteiger partial charge is 0.345 e. The highest BCUT2D eigenvalue weighted by molar-refractivity contribution is 7.14. The Kier molecular flexibility index (Phi) is 4.32. The maximum absolute atomic E-state index is 12.1. The van der Waals surface area contributed by atoms with Gasteiger partial charge in [-0.3, -0.25) is 9.59 Å². The highest BCUT2D eigenvalue weighted by atomic mass is 32.1. The first-order valence-electron chi connectivity index (χ1n) is 6.73. The van der Waals surface area contributed by atoms with Crippen molar-refractivity contribution < 1.29 is 19.5 Å². The summed E-state index contributed by atoms with van der Waals surface area (Å²) in [6, 6.07) is 1.58. The van der Waals surface area contributed by atoms with Crippen LogP contribution >= 0.6 is 11.3 Å². The van der Waals surface area contributed by atoms with Crippen molar-refractivity contribution in [1.82, 2.24) is 9.80 Å². The molecule has 6 nitrogen and oxygen atoms in total. The summed E-state index contributed by atoms with van der Waals surface area (Å²) in [5.41, 5.74) is 0.788. The Bertz CT molecular complexity index is 594. The van der Waals surface area contributed by atoms with E-state index in [9.17, 15) is 14.4 Å². The first kappa shape index (κ1) is 15.5. The van der Waals surface area contributed by atoms with Crippen LogP contribution in [0.25, 0.3) is 0 Å². The zero-order valence-corrected chi connectivity index (χ0v) is 13.1. The lowest BCUT2D eigenvalue weighted by Crippen LogP contribution is -2.55. The Morgan fingerprint density at radius 1 is 1.33 bits per heavy atom. The van der Waals surface area contributed by atoms with Crippen LogP contribution in [0.5, 0.6) is 0 Å². The van der Waals surface area contributed by atoms with Crippen LogP contribution in [0.15, 0.2) is 6.07 Å². The molecule has 21 heavy (non-hydrogen) atoms. The number of amides is 2. The third kappa shape index (κ3) is 3.07. The fourth-order valence-electron chi connectivity index (χ4n) is 2.32. The molecule has 0 aliphatic carbocycles. The third-order valence-corrected chi connectivity index (χ3v) is 4.64. The fourth-order valence-corrected chi connectivity index (χ4v) is 3.19. The Morgan fingerprint density at radius 3 is 2.52 bits per heavy atom. The third-order valence-electron chi connectivity index (χ3n) is 3.56. The number of carbonyl (C=O) groups excluding carboxylic acids is 2. The number of nitrogens with zero attached hydrogens (tertiary/aromatic N) is 2. The number of carbonyl (C=O) groups is 3. The van der Waals surface area contributed by atoms with E-state index in [1.54, 1.807) is 11.0 Å². The van der Waals surface area contributed by atoms with E-state index in [1.165, 1.54) is 16.2 Å². The Hall–Kier alpha value is -1.89. The number of hydrogen-bond donors (Lipinski definition) is 1. The molecule has 1 aliphatic heterocycles. The molecule has 1 N–H and O–H groups in total. The molecule has 0 spiro atoms. The summed E-state index contributed by atoms with van der Waals surface area (Å²) in [5.74, 6) is -1.97. The summed E-state index contributed by atoms with van der Waals surface area (Å²) in [7, 11) is 0. The molecule has 0 bridgehead atoms. The largest absolute Gasteiger partial charge is 0.477 e.